The van der Waals surface area contributed by atoms with Gasteiger partial charge in [0.05, 0.1) is 0 Å². The van der Waals surface area contributed by atoms with Gasteiger partial charge in [-0.1, -0.05) is 26.7 Å². The predicted molar refractivity (Wildman–Crippen MR) is 76.4 cm³/mol. The molecule has 2 heteroatoms. The van der Waals surface area contributed by atoms with Gasteiger partial charge in [0.2, 0.25) is 0 Å². The van der Waals surface area contributed by atoms with Crippen LogP contribution in [0.1, 0.15) is 52.9 Å². The summed E-state index contributed by atoms with van der Waals surface area (Å²) in [6.07, 6.45) is 7.07. The van der Waals surface area contributed by atoms with Crippen molar-refractivity contribution in [1.29, 1.82) is 0 Å². The molecule has 2 unspecified atom stereocenters. The van der Waals surface area contributed by atoms with Crippen LogP contribution in [0.2, 0.25) is 0 Å². The lowest BCUT2D eigenvalue weighted by molar-refractivity contribution is 0.170. The molecular weight excluding hydrogens is 208 g/mol. The van der Waals surface area contributed by atoms with Gasteiger partial charge in [-0.2, -0.15) is 0 Å². The first-order chi connectivity index (χ1) is 8.15. The quantitative estimate of drug-likeness (QED) is 0.656. The van der Waals surface area contributed by atoms with Gasteiger partial charge in [0, 0.05) is 12.6 Å². The lowest BCUT2D eigenvalue weighted by atomic mass is 10.00. The highest BCUT2D eigenvalue weighted by Crippen LogP contribution is 2.26. The number of hydrogen-bond donors (Lipinski definition) is 1. The van der Waals surface area contributed by atoms with Gasteiger partial charge in [-0.25, -0.2) is 0 Å². The van der Waals surface area contributed by atoms with Crippen LogP contribution in [0.15, 0.2) is 0 Å². The van der Waals surface area contributed by atoms with Crippen LogP contribution in [0.5, 0.6) is 0 Å². The molecule has 0 saturated heterocycles. The van der Waals surface area contributed by atoms with Crippen molar-refractivity contribution in [1.82, 2.24) is 10.2 Å². The lowest BCUT2D eigenvalue weighted by Gasteiger charge is -2.32. The number of rotatable bonds is 8. The molecule has 1 N–H and O–H groups in total. The number of nitrogens with one attached hydrogen (secondary N) is 1. The minimum Gasteiger partial charge on any atom is -0.316 e. The van der Waals surface area contributed by atoms with E-state index < -0.39 is 0 Å². The second kappa shape index (κ2) is 8.10. The molecule has 1 rings (SSSR count). The average molecular weight is 240 g/mol. The third kappa shape index (κ3) is 5.39. The molecule has 0 spiro atoms. The van der Waals surface area contributed by atoms with Crippen LogP contribution < -0.4 is 5.32 Å². The Morgan fingerprint density at radius 1 is 1.24 bits per heavy atom. The normalized spacial score (nSPS) is 21.0. The third-order valence-corrected chi connectivity index (χ3v) is 4.43. The van der Waals surface area contributed by atoms with E-state index in [1.165, 1.54) is 38.6 Å². The summed E-state index contributed by atoms with van der Waals surface area (Å²) in [5.74, 6) is 1.71. The van der Waals surface area contributed by atoms with Crippen molar-refractivity contribution >= 4 is 0 Å². The Morgan fingerprint density at radius 2 is 1.88 bits per heavy atom. The zero-order valence-electron chi connectivity index (χ0n) is 12.3. The molecule has 1 aliphatic rings. The molecule has 1 saturated carbocycles. The SMILES string of the molecule is CCCNCC(C)C(C)N(C)CC1CCCC1. The zero-order valence-corrected chi connectivity index (χ0v) is 12.3. The highest BCUT2D eigenvalue weighted by Gasteiger charge is 2.21. The molecule has 2 atom stereocenters. The molecule has 0 aromatic heterocycles. The maximum absolute atomic E-state index is 3.54. The molecule has 1 aliphatic carbocycles. The number of hydrogen-bond acceptors (Lipinski definition) is 2. The minimum atomic E-state index is 0.694. The molecule has 0 bridgehead atoms. The van der Waals surface area contributed by atoms with Gasteiger partial charge >= 0.3 is 0 Å². The summed E-state index contributed by atoms with van der Waals surface area (Å²) < 4.78 is 0. The molecule has 17 heavy (non-hydrogen) atoms. The monoisotopic (exact) mass is 240 g/mol. The molecule has 1 fully saturated rings. The molecular formula is C15H32N2. The van der Waals surface area contributed by atoms with Gasteiger partial charge in [0.15, 0.2) is 0 Å². The van der Waals surface area contributed by atoms with Crippen molar-refractivity contribution in [3.8, 4) is 0 Å². The van der Waals surface area contributed by atoms with Crippen LogP contribution in [0, 0.1) is 11.8 Å². The van der Waals surface area contributed by atoms with Crippen LogP contribution in [0.4, 0.5) is 0 Å². The summed E-state index contributed by atoms with van der Waals surface area (Å²) >= 11 is 0. The summed E-state index contributed by atoms with van der Waals surface area (Å²) in [4.78, 5) is 2.58. The van der Waals surface area contributed by atoms with Crippen molar-refractivity contribution in [2.24, 2.45) is 11.8 Å². The minimum absolute atomic E-state index is 0.694. The second-order valence-electron chi connectivity index (χ2n) is 6.01. The van der Waals surface area contributed by atoms with Crippen LogP contribution in [0.3, 0.4) is 0 Å². The Morgan fingerprint density at radius 3 is 2.47 bits per heavy atom. The Balaban J connectivity index is 2.21. The van der Waals surface area contributed by atoms with Crippen molar-refractivity contribution in [2.75, 3.05) is 26.7 Å². The van der Waals surface area contributed by atoms with Crippen molar-refractivity contribution in [3.63, 3.8) is 0 Å². The van der Waals surface area contributed by atoms with Crippen molar-refractivity contribution in [3.05, 3.63) is 0 Å². The zero-order chi connectivity index (χ0) is 12.7. The van der Waals surface area contributed by atoms with E-state index in [0.717, 1.165) is 24.9 Å². The molecule has 0 aliphatic heterocycles. The van der Waals surface area contributed by atoms with Gasteiger partial charge < -0.3 is 10.2 Å². The standard InChI is InChI=1S/C15H32N2/c1-5-10-16-11-13(2)14(3)17(4)12-15-8-6-7-9-15/h13-16H,5-12H2,1-4H3. The van der Waals surface area contributed by atoms with E-state index in [4.69, 9.17) is 0 Å². The predicted octanol–water partition coefficient (Wildman–Crippen LogP) is 3.13. The van der Waals surface area contributed by atoms with Crippen molar-refractivity contribution < 1.29 is 0 Å². The molecule has 0 aromatic carbocycles. The fourth-order valence-electron chi connectivity index (χ4n) is 2.88. The Hall–Kier alpha value is -0.0800. The Labute approximate surface area is 108 Å². The van der Waals surface area contributed by atoms with E-state index in [2.05, 4.69) is 38.0 Å². The fraction of sp³-hybridized carbons (Fsp3) is 1.00. The highest BCUT2D eigenvalue weighted by molar-refractivity contribution is 4.76. The lowest BCUT2D eigenvalue weighted by Crippen LogP contribution is -2.41. The Kier molecular flexibility index (Phi) is 7.14. The third-order valence-electron chi connectivity index (χ3n) is 4.43. The van der Waals surface area contributed by atoms with Gasteiger partial charge in [0.1, 0.15) is 0 Å². The summed E-state index contributed by atoms with van der Waals surface area (Å²) in [5.41, 5.74) is 0. The van der Waals surface area contributed by atoms with E-state index in [1.807, 2.05) is 0 Å². The summed E-state index contributed by atoms with van der Waals surface area (Å²) in [5, 5.41) is 3.54. The summed E-state index contributed by atoms with van der Waals surface area (Å²) in [6.45, 7) is 10.6. The van der Waals surface area contributed by atoms with Gasteiger partial charge in [-0.15, -0.1) is 0 Å². The van der Waals surface area contributed by atoms with E-state index in [0.29, 0.717) is 6.04 Å². The van der Waals surface area contributed by atoms with Gasteiger partial charge in [-0.05, 0) is 58.2 Å². The molecule has 0 heterocycles. The summed E-state index contributed by atoms with van der Waals surface area (Å²) in [7, 11) is 2.30. The van der Waals surface area contributed by atoms with E-state index in [9.17, 15) is 0 Å². The smallest absolute Gasteiger partial charge is 0.0102 e. The maximum Gasteiger partial charge on any atom is 0.0102 e. The first-order valence-electron chi connectivity index (χ1n) is 7.56. The summed E-state index contributed by atoms with van der Waals surface area (Å²) in [6, 6.07) is 0.694. The largest absolute Gasteiger partial charge is 0.316 e. The van der Waals surface area contributed by atoms with Gasteiger partial charge in [-0.3, -0.25) is 0 Å². The molecule has 0 radical (unpaired) electrons. The molecule has 2 nitrogen and oxygen atoms in total. The van der Waals surface area contributed by atoms with E-state index in [-0.39, 0.29) is 0 Å². The van der Waals surface area contributed by atoms with Crippen LogP contribution in [-0.4, -0.2) is 37.6 Å². The van der Waals surface area contributed by atoms with E-state index in [1.54, 1.807) is 0 Å². The van der Waals surface area contributed by atoms with Gasteiger partial charge in [0.25, 0.3) is 0 Å². The number of nitrogens with zero attached hydrogens (tertiary/aromatic N) is 1. The van der Waals surface area contributed by atoms with Crippen LogP contribution in [0.25, 0.3) is 0 Å². The second-order valence-corrected chi connectivity index (χ2v) is 6.01. The van der Waals surface area contributed by atoms with Crippen molar-refractivity contribution in [2.45, 2.75) is 58.9 Å². The fourth-order valence-corrected chi connectivity index (χ4v) is 2.88. The van der Waals surface area contributed by atoms with Crippen LogP contribution >= 0.6 is 0 Å². The van der Waals surface area contributed by atoms with E-state index >= 15 is 0 Å². The average Bonchev–Trinajstić information content (AvgIpc) is 2.81. The first kappa shape index (κ1) is 15.0. The highest BCUT2D eigenvalue weighted by atomic mass is 15.1. The Bertz CT molecular complexity index is 187. The molecule has 0 amide bonds. The molecule has 102 valence electrons. The van der Waals surface area contributed by atoms with Crippen LogP contribution in [-0.2, 0) is 0 Å². The maximum atomic E-state index is 3.54. The topological polar surface area (TPSA) is 15.3 Å². The molecule has 0 aromatic rings. The first-order valence-corrected chi connectivity index (χ1v) is 7.56.